The van der Waals surface area contributed by atoms with Gasteiger partial charge in [0.25, 0.3) is 0 Å². The van der Waals surface area contributed by atoms with E-state index in [0.717, 1.165) is 22.8 Å². The van der Waals surface area contributed by atoms with Gasteiger partial charge >= 0.3 is 0 Å². The Bertz CT molecular complexity index is 853. The molecular weight excluding hydrogens is 336 g/mol. The molecule has 4 heterocycles. The molecule has 0 aliphatic carbocycles. The van der Waals surface area contributed by atoms with Crippen LogP contribution in [0.3, 0.4) is 0 Å². The second-order valence-electron chi connectivity index (χ2n) is 5.67. The molecule has 1 aliphatic heterocycles. The lowest BCUT2D eigenvalue weighted by molar-refractivity contribution is 0.528. The Kier molecular flexibility index (Phi) is 4.18. The number of nitrogens with one attached hydrogen (secondary N) is 2. The van der Waals surface area contributed by atoms with E-state index >= 15 is 0 Å². The highest BCUT2D eigenvalue weighted by Gasteiger charge is 2.29. The van der Waals surface area contributed by atoms with Crippen LogP contribution in [0, 0.1) is 6.92 Å². The van der Waals surface area contributed by atoms with Crippen LogP contribution in [0.25, 0.3) is 0 Å². The van der Waals surface area contributed by atoms with E-state index in [9.17, 15) is 0 Å². The Balaban J connectivity index is 1.92. The zero-order chi connectivity index (χ0) is 16.5. The second kappa shape index (κ2) is 6.47. The molecule has 122 valence electrons. The first-order chi connectivity index (χ1) is 11.8. The molecule has 0 saturated heterocycles. The van der Waals surface area contributed by atoms with E-state index in [-0.39, 0.29) is 12.2 Å². The van der Waals surface area contributed by atoms with Crippen LogP contribution >= 0.6 is 22.7 Å². The number of aryl methyl sites for hydroxylation is 1. The number of rotatable bonds is 3. The van der Waals surface area contributed by atoms with Crippen LogP contribution in [-0.2, 0) is 0 Å². The van der Waals surface area contributed by atoms with Crippen LogP contribution in [0.4, 0.5) is 5.82 Å². The van der Waals surface area contributed by atoms with Gasteiger partial charge in [-0.25, -0.2) is 4.98 Å². The number of aromatic nitrogens is 1. The second-order valence-corrected chi connectivity index (χ2v) is 7.60. The molecule has 1 aliphatic rings. The molecule has 2 N–H and O–H groups in total. The SMILES string of the molecule is CNC1Nc2nc(C)ccc2C(c2cccs2)=NC1c1cccs1. The maximum atomic E-state index is 5.16. The lowest BCUT2D eigenvalue weighted by atomic mass is 10.1. The molecule has 4 rings (SSSR count). The van der Waals surface area contributed by atoms with E-state index in [0.29, 0.717) is 0 Å². The molecule has 0 spiro atoms. The van der Waals surface area contributed by atoms with Crippen molar-refractivity contribution in [3.05, 3.63) is 68.2 Å². The molecule has 0 bridgehead atoms. The maximum absolute atomic E-state index is 5.16. The van der Waals surface area contributed by atoms with Crippen molar-refractivity contribution in [2.45, 2.75) is 19.1 Å². The summed E-state index contributed by atoms with van der Waals surface area (Å²) in [6.07, 6.45) is -0.00541. The van der Waals surface area contributed by atoms with Gasteiger partial charge in [-0.2, -0.15) is 0 Å². The summed E-state index contributed by atoms with van der Waals surface area (Å²) in [5.74, 6) is 0.889. The minimum atomic E-state index is -0.00541. The summed E-state index contributed by atoms with van der Waals surface area (Å²) in [5, 5.41) is 11.1. The number of aliphatic imine (C=N–C) groups is 1. The van der Waals surface area contributed by atoms with E-state index in [1.807, 2.05) is 20.0 Å². The zero-order valence-corrected chi connectivity index (χ0v) is 15.1. The molecule has 0 aromatic carbocycles. The normalized spacial score (nSPS) is 20.0. The molecule has 2 atom stereocenters. The van der Waals surface area contributed by atoms with Gasteiger partial charge in [0.15, 0.2) is 0 Å². The summed E-state index contributed by atoms with van der Waals surface area (Å²) < 4.78 is 0. The first-order valence-electron chi connectivity index (χ1n) is 7.83. The molecule has 6 heteroatoms. The average molecular weight is 355 g/mol. The molecule has 4 nitrogen and oxygen atoms in total. The number of nitrogens with zero attached hydrogens (tertiary/aromatic N) is 2. The van der Waals surface area contributed by atoms with Gasteiger partial charge in [0, 0.05) is 16.1 Å². The van der Waals surface area contributed by atoms with Crippen LogP contribution in [0.15, 0.2) is 52.2 Å². The van der Waals surface area contributed by atoms with Gasteiger partial charge in [-0.3, -0.25) is 10.3 Å². The molecule has 24 heavy (non-hydrogen) atoms. The lowest BCUT2D eigenvalue weighted by Gasteiger charge is -2.23. The standard InChI is InChI=1S/C18H18N4S2/c1-11-7-8-12-15(13-5-3-9-23-13)21-16(14-6-4-10-24-14)18(19-2)22-17(12)20-11/h3-10,16,18-19H,1-2H3,(H,20,22). The quantitative estimate of drug-likeness (QED) is 0.746. The third kappa shape index (κ3) is 2.77. The smallest absolute Gasteiger partial charge is 0.137 e. The molecule has 0 radical (unpaired) electrons. The van der Waals surface area contributed by atoms with E-state index in [4.69, 9.17) is 9.98 Å². The summed E-state index contributed by atoms with van der Waals surface area (Å²) in [6.45, 7) is 2.01. The third-order valence-electron chi connectivity index (χ3n) is 4.07. The minimum absolute atomic E-state index is 0.00149. The summed E-state index contributed by atoms with van der Waals surface area (Å²) in [6, 6.07) is 12.6. The first kappa shape index (κ1) is 15.5. The molecule has 0 amide bonds. The van der Waals surface area contributed by atoms with E-state index in [2.05, 4.69) is 51.7 Å². The van der Waals surface area contributed by atoms with Crippen LogP contribution in [-0.4, -0.2) is 23.9 Å². The van der Waals surface area contributed by atoms with Crippen molar-refractivity contribution < 1.29 is 0 Å². The average Bonchev–Trinajstić information content (AvgIpc) is 3.27. The molecule has 2 unspecified atom stereocenters. The van der Waals surface area contributed by atoms with Crippen molar-refractivity contribution in [2.75, 3.05) is 12.4 Å². The van der Waals surface area contributed by atoms with Crippen molar-refractivity contribution in [3.63, 3.8) is 0 Å². The van der Waals surface area contributed by atoms with E-state index < -0.39 is 0 Å². The predicted octanol–water partition coefficient (Wildman–Crippen LogP) is 4.06. The van der Waals surface area contributed by atoms with E-state index in [1.165, 1.54) is 9.75 Å². The first-order valence-corrected chi connectivity index (χ1v) is 9.59. The Hall–Kier alpha value is -2.02. The van der Waals surface area contributed by atoms with Crippen LogP contribution < -0.4 is 10.6 Å². The van der Waals surface area contributed by atoms with Crippen LogP contribution in [0.1, 0.15) is 27.1 Å². The Morgan fingerprint density at radius 2 is 1.92 bits per heavy atom. The molecule has 3 aromatic heterocycles. The van der Waals surface area contributed by atoms with Crippen molar-refractivity contribution in [3.8, 4) is 0 Å². The molecule has 0 fully saturated rings. The van der Waals surface area contributed by atoms with Gasteiger partial charge in [-0.05, 0) is 49.0 Å². The van der Waals surface area contributed by atoms with Crippen LogP contribution in [0.5, 0.6) is 0 Å². The fourth-order valence-electron chi connectivity index (χ4n) is 2.89. The summed E-state index contributed by atoms with van der Waals surface area (Å²) in [4.78, 5) is 12.3. The fraction of sp³-hybridized carbons (Fsp3) is 0.222. The van der Waals surface area contributed by atoms with Gasteiger partial charge < -0.3 is 5.32 Å². The van der Waals surface area contributed by atoms with Gasteiger partial charge in [0.2, 0.25) is 0 Å². The zero-order valence-electron chi connectivity index (χ0n) is 13.5. The molecule has 3 aromatic rings. The largest absolute Gasteiger partial charge is 0.352 e. The van der Waals surface area contributed by atoms with Gasteiger partial charge in [-0.15, -0.1) is 22.7 Å². The van der Waals surface area contributed by atoms with Crippen molar-refractivity contribution >= 4 is 34.2 Å². The number of likely N-dealkylation sites (N-methyl/N-ethyl adjacent to an activating group) is 1. The number of hydrogen-bond donors (Lipinski definition) is 2. The highest BCUT2D eigenvalue weighted by Crippen LogP contribution is 2.33. The number of fused-ring (bicyclic) bond motifs is 1. The van der Waals surface area contributed by atoms with Gasteiger partial charge in [-0.1, -0.05) is 12.1 Å². The highest BCUT2D eigenvalue weighted by molar-refractivity contribution is 7.12. The Labute approximate surface area is 149 Å². The summed E-state index contributed by atoms with van der Waals surface area (Å²) >= 11 is 3.45. The number of hydrogen-bond acceptors (Lipinski definition) is 6. The third-order valence-corrected chi connectivity index (χ3v) is 5.89. The summed E-state index contributed by atoms with van der Waals surface area (Å²) in [5.41, 5.74) is 3.06. The number of thiophene rings is 2. The number of pyridine rings is 1. The number of anilines is 1. The molecule has 0 saturated carbocycles. The van der Waals surface area contributed by atoms with Crippen molar-refractivity contribution in [1.82, 2.24) is 10.3 Å². The monoisotopic (exact) mass is 354 g/mol. The predicted molar refractivity (Wildman–Crippen MR) is 102 cm³/mol. The fourth-order valence-corrected chi connectivity index (χ4v) is 4.43. The van der Waals surface area contributed by atoms with Crippen molar-refractivity contribution in [1.29, 1.82) is 0 Å². The van der Waals surface area contributed by atoms with E-state index in [1.54, 1.807) is 22.7 Å². The topological polar surface area (TPSA) is 49.3 Å². The van der Waals surface area contributed by atoms with Gasteiger partial charge in [0.05, 0.1) is 10.6 Å². The van der Waals surface area contributed by atoms with Crippen LogP contribution in [0.2, 0.25) is 0 Å². The minimum Gasteiger partial charge on any atom is -0.352 e. The highest BCUT2D eigenvalue weighted by atomic mass is 32.1. The lowest BCUT2D eigenvalue weighted by Crippen LogP contribution is -2.38. The van der Waals surface area contributed by atoms with Crippen molar-refractivity contribution in [2.24, 2.45) is 4.99 Å². The molecular formula is C18H18N4S2. The summed E-state index contributed by atoms with van der Waals surface area (Å²) in [7, 11) is 1.96. The Morgan fingerprint density at radius 1 is 1.08 bits per heavy atom. The maximum Gasteiger partial charge on any atom is 0.137 e. The Morgan fingerprint density at radius 3 is 2.62 bits per heavy atom. The van der Waals surface area contributed by atoms with Gasteiger partial charge in [0.1, 0.15) is 18.0 Å².